The van der Waals surface area contributed by atoms with Gasteiger partial charge < -0.3 is 9.88 Å². The van der Waals surface area contributed by atoms with Crippen molar-refractivity contribution < 1.29 is 4.79 Å². The number of amides is 1. The summed E-state index contributed by atoms with van der Waals surface area (Å²) in [6.45, 7) is 4.12. The van der Waals surface area contributed by atoms with Crippen LogP contribution in [0.5, 0.6) is 0 Å². The van der Waals surface area contributed by atoms with E-state index in [1.165, 1.54) is 4.68 Å². The summed E-state index contributed by atoms with van der Waals surface area (Å²) in [4.78, 5) is 30.1. The van der Waals surface area contributed by atoms with Gasteiger partial charge in [-0.3, -0.25) is 9.59 Å². The summed E-state index contributed by atoms with van der Waals surface area (Å²) in [5, 5.41) is 8.74. The SMILES string of the molecule is CC(C)[C@H](NC(=O)Cc1nn(C)c(=O)c2ccccc12)c1nc2ccccc2n1C. The van der Waals surface area contributed by atoms with Gasteiger partial charge in [0, 0.05) is 19.5 Å². The zero-order chi connectivity index (χ0) is 21.4. The highest BCUT2D eigenvalue weighted by atomic mass is 16.2. The summed E-state index contributed by atoms with van der Waals surface area (Å²) < 4.78 is 3.32. The fourth-order valence-corrected chi connectivity index (χ4v) is 3.85. The summed E-state index contributed by atoms with van der Waals surface area (Å²) in [5.41, 5.74) is 2.34. The smallest absolute Gasteiger partial charge is 0.274 e. The average molecular weight is 403 g/mol. The van der Waals surface area contributed by atoms with Crippen molar-refractivity contribution in [1.29, 1.82) is 0 Å². The van der Waals surface area contributed by atoms with Crippen molar-refractivity contribution in [1.82, 2.24) is 24.6 Å². The molecule has 7 nitrogen and oxygen atoms in total. The van der Waals surface area contributed by atoms with Crippen LogP contribution in [-0.2, 0) is 25.3 Å². The van der Waals surface area contributed by atoms with Crippen molar-refractivity contribution in [2.75, 3.05) is 0 Å². The molecule has 0 saturated carbocycles. The van der Waals surface area contributed by atoms with E-state index in [4.69, 9.17) is 4.98 Å². The van der Waals surface area contributed by atoms with Crippen LogP contribution >= 0.6 is 0 Å². The molecule has 7 heteroatoms. The molecule has 0 spiro atoms. The molecule has 1 atom stereocenters. The van der Waals surface area contributed by atoms with Crippen LogP contribution in [0.1, 0.15) is 31.4 Å². The maximum atomic E-state index is 13.0. The lowest BCUT2D eigenvalue weighted by atomic mass is 10.0. The summed E-state index contributed by atoms with van der Waals surface area (Å²) in [7, 11) is 3.57. The number of aryl methyl sites for hydroxylation is 2. The van der Waals surface area contributed by atoms with E-state index >= 15 is 0 Å². The highest BCUT2D eigenvalue weighted by Crippen LogP contribution is 2.25. The van der Waals surface area contributed by atoms with E-state index < -0.39 is 0 Å². The maximum absolute atomic E-state index is 13.0. The summed E-state index contributed by atoms with van der Waals surface area (Å²) in [6.07, 6.45) is 0.0851. The Balaban J connectivity index is 1.65. The second-order valence-corrected chi connectivity index (χ2v) is 7.90. The summed E-state index contributed by atoms with van der Waals surface area (Å²) >= 11 is 0. The van der Waals surface area contributed by atoms with Gasteiger partial charge in [-0.2, -0.15) is 5.10 Å². The van der Waals surface area contributed by atoms with Gasteiger partial charge in [-0.15, -0.1) is 0 Å². The van der Waals surface area contributed by atoms with E-state index in [2.05, 4.69) is 24.3 Å². The van der Waals surface area contributed by atoms with Crippen LogP contribution in [-0.4, -0.2) is 25.2 Å². The Morgan fingerprint density at radius 1 is 1.03 bits per heavy atom. The van der Waals surface area contributed by atoms with Crippen molar-refractivity contribution in [3.8, 4) is 0 Å². The van der Waals surface area contributed by atoms with E-state index in [9.17, 15) is 9.59 Å². The van der Waals surface area contributed by atoms with Gasteiger partial charge in [0.25, 0.3) is 5.56 Å². The van der Waals surface area contributed by atoms with Gasteiger partial charge in [-0.1, -0.05) is 44.2 Å². The molecule has 0 radical (unpaired) electrons. The molecule has 0 aliphatic carbocycles. The van der Waals surface area contributed by atoms with Gasteiger partial charge in [0.1, 0.15) is 5.82 Å². The van der Waals surface area contributed by atoms with E-state index in [1.807, 2.05) is 54.1 Å². The van der Waals surface area contributed by atoms with Crippen LogP contribution in [0.2, 0.25) is 0 Å². The number of hydrogen-bond acceptors (Lipinski definition) is 4. The van der Waals surface area contributed by atoms with Gasteiger partial charge in [-0.25, -0.2) is 9.67 Å². The number of nitrogens with zero attached hydrogens (tertiary/aromatic N) is 4. The lowest BCUT2D eigenvalue weighted by Gasteiger charge is -2.22. The standard InChI is InChI=1S/C23H25N5O2/c1-14(2)21(22-24-17-11-7-8-12-19(17)27(22)3)25-20(29)13-18-15-9-5-6-10-16(15)23(30)28(4)26-18/h5-12,14,21H,13H2,1-4H3,(H,25,29)/t21-/m0/s1. The van der Waals surface area contributed by atoms with Gasteiger partial charge in [-0.05, 0) is 24.1 Å². The Morgan fingerprint density at radius 2 is 1.70 bits per heavy atom. The predicted octanol–water partition coefficient (Wildman–Crippen LogP) is 2.88. The third kappa shape index (κ3) is 3.47. The van der Waals surface area contributed by atoms with E-state index in [0.29, 0.717) is 16.5 Å². The van der Waals surface area contributed by atoms with Crippen molar-refractivity contribution >= 4 is 27.7 Å². The molecule has 30 heavy (non-hydrogen) atoms. The minimum atomic E-state index is -0.242. The third-order valence-electron chi connectivity index (χ3n) is 5.44. The number of fused-ring (bicyclic) bond motifs is 2. The first kappa shape index (κ1) is 19.8. The molecule has 1 amide bonds. The first-order chi connectivity index (χ1) is 14.4. The monoisotopic (exact) mass is 403 g/mol. The van der Waals surface area contributed by atoms with Gasteiger partial charge in [0.05, 0.1) is 34.6 Å². The maximum Gasteiger partial charge on any atom is 0.274 e. The molecule has 154 valence electrons. The highest BCUT2D eigenvalue weighted by molar-refractivity contribution is 5.88. The Morgan fingerprint density at radius 3 is 2.40 bits per heavy atom. The molecular formula is C23H25N5O2. The Bertz CT molecular complexity index is 1300. The number of benzene rings is 2. The number of aromatic nitrogens is 4. The Kier molecular flexibility index (Phi) is 5.11. The molecule has 2 aromatic heterocycles. The molecule has 0 aliphatic rings. The number of imidazole rings is 1. The molecule has 0 aliphatic heterocycles. The van der Waals surface area contributed by atoms with Crippen molar-refractivity contribution in [2.24, 2.45) is 20.0 Å². The topological polar surface area (TPSA) is 81.8 Å². The van der Waals surface area contributed by atoms with E-state index in [1.54, 1.807) is 13.1 Å². The van der Waals surface area contributed by atoms with Crippen LogP contribution in [0.3, 0.4) is 0 Å². The normalized spacial score (nSPS) is 12.6. The van der Waals surface area contributed by atoms with Crippen molar-refractivity contribution in [2.45, 2.75) is 26.3 Å². The van der Waals surface area contributed by atoms with E-state index in [0.717, 1.165) is 16.9 Å². The minimum Gasteiger partial charge on any atom is -0.346 e. The number of carbonyl (C=O) groups is 1. The number of carbonyl (C=O) groups excluding carboxylic acids is 1. The van der Waals surface area contributed by atoms with Gasteiger partial charge in [0.2, 0.25) is 5.91 Å². The third-order valence-corrected chi connectivity index (χ3v) is 5.44. The van der Waals surface area contributed by atoms with Crippen LogP contribution in [0.25, 0.3) is 21.8 Å². The van der Waals surface area contributed by atoms with E-state index in [-0.39, 0.29) is 29.8 Å². The number of rotatable bonds is 5. The average Bonchev–Trinajstić information content (AvgIpc) is 3.06. The molecule has 1 N–H and O–H groups in total. The summed E-state index contributed by atoms with van der Waals surface area (Å²) in [5.74, 6) is 0.809. The Hall–Kier alpha value is -3.48. The number of para-hydroxylation sites is 2. The zero-order valence-electron chi connectivity index (χ0n) is 17.6. The first-order valence-corrected chi connectivity index (χ1v) is 10.0. The largest absolute Gasteiger partial charge is 0.346 e. The van der Waals surface area contributed by atoms with Crippen LogP contribution in [0.4, 0.5) is 0 Å². The molecule has 0 fully saturated rings. The van der Waals surface area contributed by atoms with Crippen LogP contribution in [0.15, 0.2) is 53.3 Å². The molecule has 2 aromatic carbocycles. The molecule has 4 rings (SSSR count). The zero-order valence-corrected chi connectivity index (χ0v) is 17.6. The van der Waals surface area contributed by atoms with Crippen molar-refractivity contribution in [3.05, 3.63) is 70.4 Å². The predicted molar refractivity (Wildman–Crippen MR) is 117 cm³/mol. The lowest BCUT2D eigenvalue weighted by molar-refractivity contribution is -0.121. The Labute approximate surface area is 174 Å². The number of hydrogen-bond donors (Lipinski definition) is 1. The van der Waals surface area contributed by atoms with Crippen LogP contribution < -0.4 is 10.9 Å². The lowest BCUT2D eigenvalue weighted by Crippen LogP contribution is -2.35. The highest BCUT2D eigenvalue weighted by Gasteiger charge is 2.24. The quantitative estimate of drug-likeness (QED) is 0.556. The van der Waals surface area contributed by atoms with Gasteiger partial charge >= 0.3 is 0 Å². The molecule has 4 aromatic rings. The molecule has 2 heterocycles. The van der Waals surface area contributed by atoms with Gasteiger partial charge in [0.15, 0.2) is 0 Å². The fraction of sp³-hybridized carbons (Fsp3) is 0.304. The second-order valence-electron chi connectivity index (χ2n) is 7.90. The fourth-order valence-electron chi connectivity index (χ4n) is 3.85. The molecule has 0 bridgehead atoms. The molecular weight excluding hydrogens is 378 g/mol. The van der Waals surface area contributed by atoms with Crippen molar-refractivity contribution in [3.63, 3.8) is 0 Å². The molecule has 0 unspecified atom stereocenters. The van der Waals surface area contributed by atoms with Crippen LogP contribution in [0, 0.1) is 5.92 Å². The second kappa shape index (κ2) is 7.74. The summed E-state index contributed by atoms with van der Waals surface area (Å²) in [6, 6.07) is 14.9. The molecule has 0 saturated heterocycles. The number of nitrogens with one attached hydrogen (secondary N) is 1. The first-order valence-electron chi connectivity index (χ1n) is 10.0. The minimum absolute atomic E-state index is 0.0851.